The Morgan fingerprint density at radius 1 is 1.16 bits per heavy atom. The van der Waals surface area contributed by atoms with Gasteiger partial charge in [-0.3, -0.25) is 4.79 Å². The number of aliphatic carboxylic acids is 1. The van der Waals surface area contributed by atoms with Crippen molar-refractivity contribution in [3.8, 4) is 11.5 Å². The van der Waals surface area contributed by atoms with Gasteiger partial charge >= 0.3 is 5.97 Å². The molecule has 0 aliphatic heterocycles. The molecule has 0 fully saturated rings. The highest BCUT2D eigenvalue weighted by Crippen LogP contribution is 2.26. The van der Waals surface area contributed by atoms with E-state index in [1.54, 1.807) is 0 Å². The molecule has 1 atom stereocenters. The zero-order valence-electron chi connectivity index (χ0n) is 11.6. The van der Waals surface area contributed by atoms with Crippen LogP contribution in [-0.2, 0) is 4.79 Å². The number of hydrogen-bond donors (Lipinski definition) is 1. The summed E-state index contributed by atoms with van der Waals surface area (Å²) in [5.74, 6) is 0.296. The average molecular weight is 266 g/mol. The Morgan fingerprint density at radius 3 is 2.32 bits per heavy atom. The van der Waals surface area contributed by atoms with Crippen molar-refractivity contribution < 1.29 is 19.4 Å². The molecule has 1 rings (SSSR count). The molecule has 1 unspecified atom stereocenters. The first kappa shape index (κ1) is 15.3. The Balaban J connectivity index is 2.50. The number of benzene rings is 1. The molecule has 0 amide bonds. The first-order chi connectivity index (χ1) is 9.19. The SMILES string of the molecule is CCCC(CCOc1ccccc1OCC)C(=O)O. The molecule has 0 aliphatic carbocycles. The maximum atomic E-state index is 11.0. The van der Waals surface area contributed by atoms with Crippen molar-refractivity contribution in [1.29, 1.82) is 0 Å². The number of hydrogen-bond acceptors (Lipinski definition) is 3. The molecule has 19 heavy (non-hydrogen) atoms. The first-order valence-corrected chi connectivity index (χ1v) is 6.76. The third-order valence-corrected chi connectivity index (χ3v) is 2.86. The van der Waals surface area contributed by atoms with E-state index in [0.717, 1.165) is 6.42 Å². The molecule has 4 nitrogen and oxygen atoms in total. The third kappa shape index (κ3) is 5.20. The lowest BCUT2D eigenvalue weighted by molar-refractivity contribution is -0.142. The minimum Gasteiger partial charge on any atom is -0.490 e. The standard InChI is InChI=1S/C15H22O4/c1-3-7-12(15(16)17)10-11-19-14-9-6-5-8-13(14)18-4-2/h5-6,8-9,12H,3-4,7,10-11H2,1-2H3,(H,16,17). The molecule has 1 aromatic rings. The topological polar surface area (TPSA) is 55.8 Å². The predicted molar refractivity (Wildman–Crippen MR) is 73.8 cm³/mol. The zero-order valence-corrected chi connectivity index (χ0v) is 11.6. The summed E-state index contributed by atoms with van der Waals surface area (Å²) in [6.07, 6.45) is 2.07. The minimum atomic E-state index is -0.747. The molecule has 0 bridgehead atoms. The highest BCUT2D eigenvalue weighted by atomic mass is 16.5. The van der Waals surface area contributed by atoms with Crippen LogP contribution < -0.4 is 9.47 Å². The van der Waals surface area contributed by atoms with Crippen LogP contribution in [0.5, 0.6) is 11.5 Å². The maximum Gasteiger partial charge on any atom is 0.306 e. The van der Waals surface area contributed by atoms with Crippen LogP contribution in [0.3, 0.4) is 0 Å². The molecule has 0 radical (unpaired) electrons. The summed E-state index contributed by atoms with van der Waals surface area (Å²) in [7, 11) is 0. The van der Waals surface area contributed by atoms with Crippen molar-refractivity contribution in [3.05, 3.63) is 24.3 Å². The van der Waals surface area contributed by atoms with Gasteiger partial charge in [0, 0.05) is 0 Å². The lowest BCUT2D eigenvalue weighted by Gasteiger charge is -2.14. The fourth-order valence-electron chi connectivity index (χ4n) is 1.90. The lowest BCUT2D eigenvalue weighted by atomic mass is 10.0. The number of carboxylic acid groups (broad SMARTS) is 1. The number of rotatable bonds is 9. The number of para-hydroxylation sites is 2. The highest BCUT2D eigenvalue weighted by Gasteiger charge is 2.16. The van der Waals surface area contributed by atoms with Crippen LogP contribution in [0.1, 0.15) is 33.1 Å². The van der Waals surface area contributed by atoms with Gasteiger partial charge in [0.1, 0.15) is 0 Å². The molecule has 1 aromatic carbocycles. The van der Waals surface area contributed by atoms with E-state index < -0.39 is 5.97 Å². The molecule has 1 N–H and O–H groups in total. The smallest absolute Gasteiger partial charge is 0.306 e. The number of carboxylic acids is 1. The van der Waals surface area contributed by atoms with Crippen molar-refractivity contribution in [2.24, 2.45) is 5.92 Å². The van der Waals surface area contributed by atoms with E-state index >= 15 is 0 Å². The van der Waals surface area contributed by atoms with E-state index in [-0.39, 0.29) is 5.92 Å². The van der Waals surface area contributed by atoms with Gasteiger partial charge in [0.2, 0.25) is 0 Å². The summed E-state index contributed by atoms with van der Waals surface area (Å²) in [6.45, 7) is 4.87. The monoisotopic (exact) mass is 266 g/mol. The zero-order chi connectivity index (χ0) is 14.1. The van der Waals surface area contributed by atoms with E-state index in [9.17, 15) is 4.79 Å². The van der Waals surface area contributed by atoms with Crippen LogP contribution in [0.4, 0.5) is 0 Å². The van der Waals surface area contributed by atoms with Crippen LogP contribution in [0.15, 0.2) is 24.3 Å². The van der Waals surface area contributed by atoms with Crippen LogP contribution in [0.2, 0.25) is 0 Å². The molecule has 106 valence electrons. The van der Waals surface area contributed by atoms with Gasteiger partial charge in [-0.1, -0.05) is 25.5 Å². The molecule has 0 heterocycles. The Bertz CT molecular complexity index is 389. The summed E-state index contributed by atoms with van der Waals surface area (Å²) in [6, 6.07) is 7.44. The van der Waals surface area contributed by atoms with E-state index in [4.69, 9.17) is 14.6 Å². The molecule has 0 aliphatic rings. The average Bonchev–Trinajstić information content (AvgIpc) is 2.40. The highest BCUT2D eigenvalue weighted by molar-refractivity contribution is 5.69. The molecule has 0 spiro atoms. The van der Waals surface area contributed by atoms with Crippen LogP contribution in [0.25, 0.3) is 0 Å². The first-order valence-electron chi connectivity index (χ1n) is 6.76. The molecule has 0 aromatic heterocycles. The normalized spacial score (nSPS) is 11.9. The van der Waals surface area contributed by atoms with E-state index in [0.29, 0.717) is 37.6 Å². The van der Waals surface area contributed by atoms with E-state index in [1.165, 1.54) is 0 Å². The number of ether oxygens (including phenoxy) is 2. The Labute approximate surface area is 114 Å². The van der Waals surface area contributed by atoms with E-state index in [1.807, 2.05) is 38.1 Å². The van der Waals surface area contributed by atoms with Gasteiger partial charge in [0.25, 0.3) is 0 Å². The fourth-order valence-corrected chi connectivity index (χ4v) is 1.90. The van der Waals surface area contributed by atoms with Gasteiger partial charge in [0.15, 0.2) is 11.5 Å². The van der Waals surface area contributed by atoms with E-state index in [2.05, 4.69) is 0 Å². The Kier molecular flexibility index (Phi) is 6.79. The van der Waals surface area contributed by atoms with Gasteiger partial charge in [-0.2, -0.15) is 0 Å². The van der Waals surface area contributed by atoms with Gasteiger partial charge in [0.05, 0.1) is 19.1 Å². The summed E-state index contributed by atoms with van der Waals surface area (Å²) < 4.78 is 11.1. The summed E-state index contributed by atoms with van der Waals surface area (Å²) in [4.78, 5) is 11.0. The van der Waals surface area contributed by atoms with Crippen molar-refractivity contribution in [2.75, 3.05) is 13.2 Å². The quantitative estimate of drug-likeness (QED) is 0.744. The fraction of sp³-hybridized carbons (Fsp3) is 0.533. The third-order valence-electron chi connectivity index (χ3n) is 2.86. The Hall–Kier alpha value is -1.71. The summed E-state index contributed by atoms with van der Waals surface area (Å²) in [5.41, 5.74) is 0. The molecular formula is C15H22O4. The second-order valence-electron chi connectivity index (χ2n) is 4.34. The van der Waals surface area contributed by atoms with Gasteiger partial charge < -0.3 is 14.6 Å². The maximum absolute atomic E-state index is 11.0. The molecular weight excluding hydrogens is 244 g/mol. The van der Waals surface area contributed by atoms with Crippen molar-refractivity contribution in [2.45, 2.75) is 33.1 Å². The summed E-state index contributed by atoms with van der Waals surface area (Å²) in [5, 5.41) is 9.06. The lowest BCUT2D eigenvalue weighted by Crippen LogP contribution is -2.16. The second kappa shape index (κ2) is 8.40. The molecule has 4 heteroatoms. The van der Waals surface area contributed by atoms with Gasteiger partial charge in [-0.05, 0) is 31.9 Å². The van der Waals surface area contributed by atoms with Gasteiger partial charge in [-0.15, -0.1) is 0 Å². The summed E-state index contributed by atoms with van der Waals surface area (Å²) >= 11 is 0. The van der Waals surface area contributed by atoms with Crippen molar-refractivity contribution >= 4 is 5.97 Å². The number of carbonyl (C=O) groups is 1. The van der Waals surface area contributed by atoms with Gasteiger partial charge in [-0.25, -0.2) is 0 Å². The predicted octanol–water partition coefficient (Wildman–Crippen LogP) is 3.36. The minimum absolute atomic E-state index is 0.329. The second-order valence-corrected chi connectivity index (χ2v) is 4.34. The molecule has 0 saturated heterocycles. The van der Waals surface area contributed by atoms with Crippen LogP contribution in [-0.4, -0.2) is 24.3 Å². The van der Waals surface area contributed by atoms with Crippen LogP contribution >= 0.6 is 0 Å². The largest absolute Gasteiger partial charge is 0.490 e. The Morgan fingerprint density at radius 2 is 1.79 bits per heavy atom. The molecule has 0 saturated carbocycles. The van der Waals surface area contributed by atoms with Crippen molar-refractivity contribution in [3.63, 3.8) is 0 Å². The van der Waals surface area contributed by atoms with Crippen molar-refractivity contribution in [1.82, 2.24) is 0 Å². The van der Waals surface area contributed by atoms with Crippen LogP contribution in [0, 0.1) is 5.92 Å².